The van der Waals surface area contributed by atoms with Crippen LogP contribution in [-0.4, -0.2) is 30.7 Å². The highest BCUT2D eigenvalue weighted by Crippen LogP contribution is 2.30. The summed E-state index contributed by atoms with van der Waals surface area (Å²) in [6, 6.07) is 0. The zero-order valence-electron chi connectivity index (χ0n) is 8.61. The molecular formula is C8H15N5O. The Morgan fingerprint density at radius 2 is 2.29 bits per heavy atom. The highest BCUT2D eigenvalue weighted by molar-refractivity contribution is 5.63. The fourth-order valence-corrected chi connectivity index (χ4v) is 1.08. The van der Waals surface area contributed by atoms with Crippen LogP contribution in [0.4, 0.5) is 11.6 Å². The molecule has 1 rings (SSSR count). The Morgan fingerprint density at radius 1 is 1.57 bits per heavy atom. The molecule has 0 saturated heterocycles. The first-order chi connectivity index (χ1) is 6.74. The van der Waals surface area contributed by atoms with E-state index in [-0.39, 0.29) is 0 Å². The number of hydrogen-bond donors (Lipinski definition) is 2. The van der Waals surface area contributed by atoms with Crippen LogP contribution in [0.25, 0.3) is 0 Å². The van der Waals surface area contributed by atoms with Crippen LogP contribution < -0.4 is 20.9 Å². The van der Waals surface area contributed by atoms with Gasteiger partial charge < -0.3 is 15.1 Å². The number of nitrogens with one attached hydrogen (secondary N) is 1. The van der Waals surface area contributed by atoms with Gasteiger partial charge in [-0.2, -0.15) is 0 Å². The van der Waals surface area contributed by atoms with Crippen molar-refractivity contribution in [1.29, 1.82) is 0 Å². The summed E-state index contributed by atoms with van der Waals surface area (Å²) in [5.74, 6) is 7.06. The van der Waals surface area contributed by atoms with Crippen molar-refractivity contribution in [2.24, 2.45) is 5.84 Å². The maximum Gasteiger partial charge on any atom is 0.205 e. The van der Waals surface area contributed by atoms with E-state index in [1.807, 2.05) is 18.9 Å². The summed E-state index contributed by atoms with van der Waals surface area (Å²) in [7, 11) is 3.48. The molecule has 1 heterocycles. The third-order valence-electron chi connectivity index (χ3n) is 1.96. The van der Waals surface area contributed by atoms with E-state index < -0.39 is 0 Å². The van der Waals surface area contributed by atoms with Crippen molar-refractivity contribution in [2.75, 3.05) is 31.0 Å². The van der Waals surface area contributed by atoms with Crippen molar-refractivity contribution < 1.29 is 4.74 Å². The van der Waals surface area contributed by atoms with E-state index in [0.717, 1.165) is 12.4 Å². The molecule has 0 spiro atoms. The minimum Gasteiger partial charge on any atom is -0.490 e. The molecule has 0 saturated carbocycles. The van der Waals surface area contributed by atoms with E-state index in [2.05, 4.69) is 15.4 Å². The molecule has 6 heteroatoms. The van der Waals surface area contributed by atoms with Crippen LogP contribution in [0.5, 0.6) is 5.75 Å². The second-order valence-corrected chi connectivity index (χ2v) is 2.74. The molecular weight excluding hydrogens is 182 g/mol. The Kier molecular flexibility index (Phi) is 3.47. The minimum absolute atomic E-state index is 0.484. The van der Waals surface area contributed by atoms with Crippen LogP contribution in [0.2, 0.25) is 0 Å². The van der Waals surface area contributed by atoms with Crippen molar-refractivity contribution >= 4 is 11.6 Å². The van der Waals surface area contributed by atoms with Crippen LogP contribution in [0.15, 0.2) is 6.33 Å². The average Bonchev–Trinajstić information content (AvgIpc) is 2.26. The zero-order valence-corrected chi connectivity index (χ0v) is 8.61. The van der Waals surface area contributed by atoms with Gasteiger partial charge in [0, 0.05) is 13.6 Å². The van der Waals surface area contributed by atoms with Crippen molar-refractivity contribution in [3.63, 3.8) is 0 Å². The van der Waals surface area contributed by atoms with E-state index >= 15 is 0 Å². The van der Waals surface area contributed by atoms with E-state index in [1.54, 1.807) is 7.11 Å². The molecule has 1 aromatic heterocycles. The molecule has 1 aromatic rings. The number of nitrogens with zero attached hydrogens (tertiary/aromatic N) is 3. The molecule has 14 heavy (non-hydrogen) atoms. The summed E-state index contributed by atoms with van der Waals surface area (Å²) in [5, 5.41) is 0. The van der Waals surface area contributed by atoms with Crippen molar-refractivity contribution in [3.8, 4) is 5.75 Å². The molecule has 0 aromatic carbocycles. The summed E-state index contributed by atoms with van der Waals surface area (Å²) in [6.07, 6.45) is 1.44. The van der Waals surface area contributed by atoms with E-state index in [0.29, 0.717) is 11.6 Å². The summed E-state index contributed by atoms with van der Waals surface area (Å²) in [5.41, 5.74) is 2.46. The predicted molar refractivity (Wildman–Crippen MR) is 55.3 cm³/mol. The number of hydrazine groups is 1. The van der Waals surface area contributed by atoms with Crippen molar-refractivity contribution in [2.45, 2.75) is 6.92 Å². The van der Waals surface area contributed by atoms with Crippen LogP contribution >= 0.6 is 0 Å². The number of ether oxygens (including phenoxy) is 1. The maximum atomic E-state index is 5.30. The van der Waals surface area contributed by atoms with E-state index in [4.69, 9.17) is 10.6 Å². The highest BCUT2D eigenvalue weighted by atomic mass is 16.5. The molecule has 0 amide bonds. The smallest absolute Gasteiger partial charge is 0.205 e. The molecule has 0 fully saturated rings. The first kappa shape index (κ1) is 10.5. The average molecular weight is 197 g/mol. The first-order valence-electron chi connectivity index (χ1n) is 4.31. The molecule has 3 N–H and O–H groups in total. The van der Waals surface area contributed by atoms with Crippen LogP contribution in [0, 0.1) is 0 Å². The number of hydrogen-bond acceptors (Lipinski definition) is 6. The predicted octanol–water partition coefficient (Wildman–Crippen LogP) is 0.227. The lowest BCUT2D eigenvalue weighted by Crippen LogP contribution is -2.20. The van der Waals surface area contributed by atoms with Gasteiger partial charge in [-0.3, -0.25) is 0 Å². The van der Waals surface area contributed by atoms with Gasteiger partial charge in [0.15, 0.2) is 11.6 Å². The standard InChI is InChI=1S/C8H15N5O/c1-4-13(2)8-6(14-3)7(12-9)10-5-11-8/h5H,4,9H2,1-3H3,(H,10,11,12). The van der Waals surface area contributed by atoms with Gasteiger partial charge in [0.2, 0.25) is 5.75 Å². The number of rotatable bonds is 4. The van der Waals surface area contributed by atoms with Gasteiger partial charge in [-0.15, -0.1) is 0 Å². The van der Waals surface area contributed by atoms with Crippen molar-refractivity contribution in [3.05, 3.63) is 6.33 Å². The SMILES string of the molecule is CCN(C)c1ncnc(NN)c1OC. The molecule has 0 aliphatic heterocycles. The summed E-state index contributed by atoms with van der Waals surface area (Å²) in [4.78, 5) is 10.0. The Bertz CT molecular complexity index is 304. The number of nitrogens with two attached hydrogens (primary N) is 1. The lowest BCUT2D eigenvalue weighted by atomic mass is 10.4. The second kappa shape index (κ2) is 4.61. The van der Waals surface area contributed by atoms with Crippen LogP contribution in [0.1, 0.15) is 6.92 Å². The molecule has 0 bridgehead atoms. The van der Waals surface area contributed by atoms with E-state index in [1.165, 1.54) is 6.33 Å². The highest BCUT2D eigenvalue weighted by Gasteiger charge is 2.13. The molecule has 6 nitrogen and oxygen atoms in total. The quantitative estimate of drug-likeness (QED) is 0.531. The molecule has 0 radical (unpaired) electrons. The third-order valence-corrected chi connectivity index (χ3v) is 1.96. The Morgan fingerprint density at radius 3 is 2.79 bits per heavy atom. The number of nitrogen functional groups attached to an aromatic ring is 1. The summed E-state index contributed by atoms with van der Waals surface area (Å²) in [6.45, 7) is 2.86. The second-order valence-electron chi connectivity index (χ2n) is 2.74. The number of methoxy groups -OCH3 is 1. The number of aromatic nitrogens is 2. The number of anilines is 2. The molecule has 0 unspecified atom stereocenters. The van der Waals surface area contributed by atoms with Gasteiger partial charge in [-0.25, -0.2) is 15.8 Å². The topological polar surface area (TPSA) is 76.3 Å². The van der Waals surface area contributed by atoms with Gasteiger partial charge in [-0.05, 0) is 6.92 Å². The van der Waals surface area contributed by atoms with Gasteiger partial charge in [0.1, 0.15) is 6.33 Å². The monoisotopic (exact) mass is 197 g/mol. The normalized spacial score (nSPS) is 9.71. The van der Waals surface area contributed by atoms with Gasteiger partial charge in [0.05, 0.1) is 7.11 Å². The molecule has 0 aliphatic rings. The summed E-state index contributed by atoms with van der Waals surface area (Å²) >= 11 is 0. The van der Waals surface area contributed by atoms with Gasteiger partial charge in [-0.1, -0.05) is 0 Å². The zero-order chi connectivity index (χ0) is 10.6. The van der Waals surface area contributed by atoms with Crippen molar-refractivity contribution in [1.82, 2.24) is 9.97 Å². The lowest BCUT2D eigenvalue weighted by molar-refractivity contribution is 0.413. The van der Waals surface area contributed by atoms with Crippen LogP contribution in [0.3, 0.4) is 0 Å². The van der Waals surface area contributed by atoms with Gasteiger partial charge in [0.25, 0.3) is 0 Å². The molecule has 0 atom stereocenters. The first-order valence-corrected chi connectivity index (χ1v) is 4.31. The van der Waals surface area contributed by atoms with Crippen LogP contribution in [-0.2, 0) is 0 Å². The third kappa shape index (κ3) is 1.85. The molecule has 78 valence electrons. The summed E-state index contributed by atoms with van der Waals surface area (Å²) < 4.78 is 5.18. The van der Waals surface area contributed by atoms with E-state index in [9.17, 15) is 0 Å². The fourth-order valence-electron chi connectivity index (χ4n) is 1.08. The van der Waals surface area contributed by atoms with Gasteiger partial charge >= 0.3 is 0 Å². The Hall–Kier alpha value is -1.56. The maximum absolute atomic E-state index is 5.30. The largest absolute Gasteiger partial charge is 0.490 e. The fraction of sp³-hybridized carbons (Fsp3) is 0.500. The molecule has 0 aliphatic carbocycles. The Labute approximate surface area is 83.1 Å². The minimum atomic E-state index is 0.484. The lowest BCUT2D eigenvalue weighted by Gasteiger charge is -2.19. The Balaban J connectivity index is 3.14.